The van der Waals surface area contributed by atoms with Crippen LogP contribution in [-0.4, -0.2) is 43.7 Å². The fourth-order valence-electron chi connectivity index (χ4n) is 2.12. The molecule has 0 unspecified atom stereocenters. The number of ether oxygens (including phenoxy) is 2. The second kappa shape index (κ2) is 6.36. The lowest BCUT2D eigenvalue weighted by Gasteiger charge is -2.22. The molecule has 1 heterocycles. The van der Waals surface area contributed by atoms with Crippen LogP contribution in [0.2, 0.25) is 0 Å². The van der Waals surface area contributed by atoms with Gasteiger partial charge in [0.05, 0.1) is 17.9 Å². The van der Waals surface area contributed by atoms with Crippen LogP contribution in [0, 0.1) is 0 Å². The van der Waals surface area contributed by atoms with Crippen LogP contribution in [-0.2, 0) is 4.79 Å². The number of benzene rings is 1. The van der Waals surface area contributed by atoms with Crippen molar-refractivity contribution in [3.8, 4) is 11.5 Å². The van der Waals surface area contributed by atoms with E-state index in [0.717, 1.165) is 0 Å². The van der Waals surface area contributed by atoms with Crippen molar-refractivity contribution in [2.45, 2.75) is 13.8 Å². The van der Waals surface area contributed by atoms with Crippen molar-refractivity contribution in [1.29, 1.82) is 0 Å². The molecule has 6 heteroatoms. The monoisotopic (exact) mass is 279 g/mol. The Morgan fingerprint density at radius 1 is 1.25 bits per heavy atom. The normalized spacial score (nSPS) is 12.9. The van der Waals surface area contributed by atoms with Crippen molar-refractivity contribution in [3.05, 3.63) is 12.1 Å². The van der Waals surface area contributed by atoms with Crippen LogP contribution >= 0.6 is 0 Å². The zero-order valence-corrected chi connectivity index (χ0v) is 11.9. The number of hydrogen-bond donors (Lipinski definition) is 2. The van der Waals surface area contributed by atoms with Crippen molar-refractivity contribution in [2.75, 3.05) is 43.9 Å². The van der Waals surface area contributed by atoms with Crippen molar-refractivity contribution < 1.29 is 14.3 Å². The summed E-state index contributed by atoms with van der Waals surface area (Å²) in [6, 6.07) is 3.50. The highest BCUT2D eigenvalue weighted by atomic mass is 16.6. The third-order valence-corrected chi connectivity index (χ3v) is 3.26. The Hall–Kier alpha value is -2.11. The molecule has 1 aliphatic heterocycles. The maximum absolute atomic E-state index is 11.9. The lowest BCUT2D eigenvalue weighted by molar-refractivity contribution is -0.128. The molecule has 0 radical (unpaired) electrons. The Morgan fingerprint density at radius 2 is 1.85 bits per heavy atom. The Balaban J connectivity index is 2.04. The molecule has 1 amide bonds. The van der Waals surface area contributed by atoms with Crippen LogP contribution < -0.4 is 20.5 Å². The summed E-state index contributed by atoms with van der Waals surface area (Å²) >= 11 is 0. The smallest absolute Gasteiger partial charge is 0.241 e. The zero-order valence-electron chi connectivity index (χ0n) is 11.9. The van der Waals surface area contributed by atoms with E-state index in [1.54, 1.807) is 17.0 Å². The van der Waals surface area contributed by atoms with E-state index in [4.69, 9.17) is 15.2 Å². The number of rotatable bonds is 5. The van der Waals surface area contributed by atoms with Gasteiger partial charge in [0, 0.05) is 25.2 Å². The Bertz CT molecular complexity index is 487. The number of nitrogens with one attached hydrogen (secondary N) is 1. The molecule has 20 heavy (non-hydrogen) atoms. The number of hydrogen-bond acceptors (Lipinski definition) is 5. The minimum absolute atomic E-state index is 0.0456. The lowest BCUT2D eigenvalue weighted by Crippen LogP contribution is -2.35. The zero-order chi connectivity index (χ0) is 14.5. The van der Waals surface area contributed by atoms with Gasteiger partial charge in [-0.05, 0) is 13.8 Å². The maximum Gasteiger partial charge on any atom is 0.241 e. The number of nitrogens with two attached hydrogens (primary N) is 1. The van der Waals surface area contributed by atoms with E-state index >= 15 is 0 Å². The first kappa shape index (κ1) is 14.3. The average Bonchev–Trinajstić information content (AvgIpc) is 2.46. The minimum Gasteiger partial charge on any atom is -0.486 e. The number of carbonyl (C=O) groups is 1. The Morgan fingerprint density at radius 3 is 2.45 bits per heavy atom. The van der Waals surface area contributed by atoms with Gasteiger partial charge in [-0.3, -0.25) is 4.79 Å². The van der Waals surface area contributed by atoms with Gasteiger partial charge in [0.1, 0.15) is 13.2 Å². The molecule has 2 rings (SSSR count). The van der Waals surface area contributed by atoms with E-state index in [1.807, 2.05) is 13.8 Å². The summed E-state index contributed by atoms with van der Waals surface area (Å²) in [6.45, 7) is 6.58. The number of likely N-dealkylation sites (N-methyl/N-ethyl adjacent to an activating group) is 1. The van der Waals surface area contributed by atoms with Gasteiger partial charge in [-0.2, -0.15) is 0 Å². The predicted octanol–water partition coefficient (Wildman–Crippen LogP) is 1.32. The standard InChI is InChI=1S/C14H21N3O3/c1-3-17(4-2)14(18)9-16-11-8-13-12(7-10(11)15)19-5-6-20-13/h7-8,16H,3-6,9,15H2,1-2H3. The molecular formula is C14H21N3O3. The summed E-state index contributed by atoms with van der Waals surface area (Å²) in [5.74, 6) is 1.35. The molecule has 6 nitrogen and oxygen atoms in total. The third kappa shape index (κ3) is 3.07. The van der Waals surface area contributed by atoms with E-state index in [9.17, 15) is 4.79 Å². The first-order valence-electron chi connectivity index (χ1n) is 6.86. The van der Waals surface area contributed by atoms with Gasteiger partial charge < -0.3 is 25.4 Å². The molecule has 0 aromatic heterocycles. The summed E-state index contributed by atoms with van der Waals surface area (Å²) in [5.41, 5.74) is 7.18. The highest BCUT2D eigenvalue weighted by Gasteiger charge is 2.16. The quantitative estimate of drug-likeness (QED) is 0.795. The van der Waals surface area contributed by atoms with Gasteiger partial charge in [0.15, 0.2) is 11.5 Å². The summed E-state index contributed by atoms with van der Waals surface area (Å²) in [6.07, 6.45) is 0. The Kier molecular flexibility index (Phi) is 4.55. The second-order valence-corrected chi connectivity index (χ2v) is 4.50. The molecule has 1 aromatic carbocycles. The van der Waals surface area contributed by atoms with Gasteiger partial charge in [-0.1, -0.05) is 0 Å². The molecular weight excluding hydrogens is 258 g/mol. The van der Waals surface area contributed by atoms with Crippen LogP contribution in [0.15, 0.2) is 12.1 Å². The molecule has 0 atom stereocenters. The lowest BCUT2D eigenvalue weighted by atomic mass is 10.2. The molecule has 110 valence electrons. The summed E-state index contributed by atoms with van der Waals surface area (Å²) in [7, 11) is 0. The highest BCUT2D eigenvalue weighted by molar-refractivity contribution is 5.83. The molecule has 1 aromatic rings. The molecule has 0 spiro atoms. The largest absolute Gasteiger partial charge is 0.486 e. The molecule has 0 fully saturated rings. The fourth-order valence-corrected chi connectivity index (χ4v) is 2.12. The van der Waals surface area contributed by atoms with Crippen molar-refractivity contribution in [1.82, 2.24) is 4.90 Å². The highest BCUT2D eigenvalue weighted by Crippen LogP contribution is 2.36. The molecule has 0 saturated heterocycles. The number of amides is 1. The number of anilines is 2. The van der Waals surface area contributed by atoms with Crippen molar-refractivity contribution in [2.24, 2.45) is 0 Å². The first-order valence-corrected chi connectivity index (χ1v) is 6.86. The van der Waals surface area contributed by atoms with E-state index < -0.39 is 0 Å². The number of nitrogens with zero attached hydrogens (tertiary/aromatic N) is 1. The van der Waals surface area contributed by atoms with E-state index in [1.165, 1.54) is 0 Å². The SMILES string of the molecule is CCN(CC)C(=O)CNc1cc2c(cc1N)OCCO2. The predicted molar refractivity (Wildman–Crippen MR) is 78.3 cm³/mol. The summed E-state index contributed by atoms with van der Waals surface area (Å²) in [4.78, 5) is 13.7. The van der Waals surface area contributed by atoms with Gasteiger partial charge in [0.2, 0.25) is 5.91 Å². The topological polar surface area (TPSA) is 76.8 Å². The van der Waals surface area contributed by atoms with Crippen molar-refractivity contribution >= 4 is 17.3 Å². The van der Waals surface area contributed by atoms with Crippen LogP contribution in [0.25, 0.3) is 0 Å². The average molecular weight is 279 g/mol. The number of nitrogen functional groups attached to an aromatic ring is 1. The molecule has 3 N–H and O–H groups in total. The fraction of sp³-hybridized carbons (Fsp3) is 0.500. The molecule has 0 bridgehead atoms. The van der Waals surface area contributed by atoms with Gasteiger partial charge >= 0.3 is 0 Å². The molecule has 0 saturated carbocycles. The minimum atomic E-state index is 0.0456. The maximum atomic E-state index is 11.9. The first-order chi connectivity index (χ1) is 9.65. The van der Waals surface area contributed by atoms with Gasteiger partial charge in [-0.15, -0.1) is 0 Å². The summed E-state index contributed by atoms with van der Waals surface area (Å²) in [5, 5.41) is 3.06. The van der Waals surface area contributed by atoms with E-state index in [2.05, 4.69) is 5.32 Å². The van der Waals surface area contributed by atoms with Crippen molar-refractivity contribution in [3.63, 3.8) is 0 Å². The summed E-state index contributed by atoms with van der Waals surface area (Å²) < 4.78 is 10.9. The number of fused-ring (bicyclic) bond motifs is 1. The number of carbonyl (C=O) groups excluding carboxylic acids is 1. The van der Waals surface area contributed by atoms with Crippen LogP contribution in [0.4, 0.5) is 11.4 Å². The molecule has 1 aliphatic rings. The van der Waals surface area contributed by atoms with Crippen LogP contribution in [0.3, 0.4) is 0 Å². The second-order valence-electron chi connectivity index (χ2n) is 4.50. The van der Waals surface area contributed by atoms with Crippen LogP contribution in [0.5, 0.6) is 11.5 Å². The van der Waals surface area contributed by atoms with Gasteiger partial charge in [-0.25, -0.2) is 0 Å². The third-order valence-electron chi connectivity index (χ3n) is 3.26. The van der Waals surface area contributed by atoms with E-state index in [0.29, 0.717) is 49.2 Å². The van der Waals surface area contributed by atoms with E-state index in [-0.39, 0.29) is 12.5 Å². The van der Waals surface area contributed by atoms with Gasteiger partial charge in [0.25, 0.3) is 0 Å². The Labute approximate surface area is 118 Å². The van der Waals surface area contributed by atoms with Crippen LogP contribution in [0.1, 0.15) is 13.8 Å². The molecule has 0 aliphatic carbocycles.